The van der Waals surface area contributed by atoms with Gasteiger partial charge >= 0.3 is 14.5 Å². The number of ether oxygens (including phenoxy) is 1. The van der Waals surface area contributed by atoms with Crippen molar-refractivity contribution in [3.8, 4) is 0 Å². The fraction of sp³-hybridized carbons (Fsp3) is 0.800. The van der Waals surface area contributed by atoms with Gasteiger partial charge in [-0.1, -0.05) is 32.8 Å². The van der Waals surface area contributed by atoms with Crippen LogP contribution < -0.4 is 0 Å². The molecule has 6 nitrogen and oxygen atoms in total. The predicted molar refractivity (Wildman–Crippen MR) is 89.1 cm³/mol. The van der Waals surface area contributed by atoms with E-state index in [1.807, 2.05) is 0 Å². The normalized spacial score (nSPS) is 22.8. The maximum absolute atomic E-state index is 9.60. The minimum absolute atomic E-state index is 0. The summed E-state index contributed by atoms with van der Waals surface area (Å²) in [5.41, 5.74) is 0.176. The van der Waals surface area contributed by atoms with Crippen molar-refractivity contribution in [3.05, 3.63) is 12.2 Å². The van der Waals surface area contributed by atoms with Crippen LogP contribution in [0.3, 0.4) is 0 Å². The third-order valence-electron chi connectivity index (χ3n) is 4.10. The van der Waals surface area contributed by atoms with Crippen LogP contribution in [0.15, 0.2) is 12.2 Å². The van der Waals surface area contributed by atoms with Crippen LogP contribution in [-0.2, 0) is 18.4 Å². The van der Waals surface area contributed by atoms with E-state index in [2.05, 4.69) is 13.5 Å². The van der Waals surface area contributed by atoms with E-state index in [0.717, 1.165) is 25.3 Å². The molecule has 1 aliphatic heterocycles. The fourth-order valence-corrected chi connectivity index (χ4v) is 6.91. The number of hydrogen-bond donors (Lipinski definition) is 1. The molecular weight excluding hydrogens is 304 g/mol. The van der Waals surface area contributed by atoms with Crippen LogP contribution in [0.1, 0.15) is 46.0 Å². The maximum atomic E-state index is 9.60. The molecule has 1 heterocycles. The number of methoxy groups -OCH3 is 1. The molecule has 0 aliphatic carbocycles. The van der Waals surface area contributed by atoms with Gasteiger partial charge in [0.15, 0.2) is 0 Å². The molecule has 0 saturated carbocycles. The molecule has 0 aromatic rings. The Hall–Kier alpha value is -0.733. The van der Waals surface area contributed by atoms with E-state index in [0.29, 0.717) is 0 Å². The van der Waals surface area contributed by atoms with Gasteiger partial charge in [-0.15, -0.1) is 0 Å². The summed E-state index contributed by atoms with van der Waals surface area (Å²) >= 11 is 0. The van der Waals surface area contributed by atoms with E-state index < -0.39 is 14.5 Å². The first-order chi connectivity index (χ1) is 9.84. The number of hydrogen-bond acceptors (Lipinski definition) is 4. The molecule has 1 saturated heterocycles. The molecule has 0 radical (unpaired) electrons. The number of aliphatic carboxylic acids is 1. The molecule has 1 aliphatic rings. The highest BCUT2D eigenvalue weighted by molar-refractivity contribution is 6.70. The minimum Gasteiger partial charge on any atom is -0.478 e. The summed E-state index contributed by atoms with van der Waals surface area (Å²) in [5, 5.41) is 7.77. The Bertz CT molecular complexity index is 327. The largest absolute Gasteiger partial charge is 0.478 e. The molecule has 132 valence electrons. The lowest BCUT2D eigenvalue weighted by Gasteiger charge is -2.47. The molecule has 0 spiro atoms. The molecule has 0 amide bonds. The fourth-order valence-electron chi connectivity index (χ4n) is 2.92. The summed E-state index contributed by atoms with van der Waals surface area (Å²) in [5.74, 6) is -0.935. The SMILES string of the molecule is C=C(C)C(=O)O.CCCC1(OC)CCCC[Si]1(OC)OC.O. The van der Waals surface area contributed by atoms with E-state index in [4.69, 9.17) is 18.7 Å². The molecule has 1 atom stereocenters. The van der Waals surface area contributed by atoms with E-state index in [1.165, 1.54) is 19.8 Å². The van der Waals surface area contributed by atoms with Crippen molar-refractivity contribution in [1.29, 1.82) is 0 Å². The van der Waals surface area contributed by atoms with Gasteiger partial charge in [-0.25, -0.2) is 4.79 Å². The Morgan fingerprint density at radius 1 is 1.27 bits per heavy atom. The molecule has 3 N–H and O–H groups in total. The van der Waals surface area contributed by atoms with Crippen molar-refractivity contribution in [3.63, 3.8) is 0 Å². The Morgan fingerprint density at radius 2 is 1.77 bits per heavy atom. The third kappa shape index (κ3) is 5.48. The molecular formula is C15H32O6Si. The summed E-state index contributed by atoms with van der Waals surface area (Å²) in [7, 11) is 3.22. The highest BCUT2D eigenvalue weighted by Crippen LogP contribution is 2.42. The molecule has 22 heavy (non-hydrogen) atoms. The Kier molecular flexibility index (Phi) is 11.7. The Morgan fingerprint density at radius 3 is 2.09 bits per heavy atom. The van der Waals surface area contributed by atoms with Gasteiger partial charge in [-0.2, -0.15) is 0 Å². The van der Waals surface area contributed by atoms with Gasteiger partial charge in [0, 0.05) is 26.9 Å². The second-order valence-electron chi connectivity index (χ2n) is 5.40. The van der Waals surface area contributed by atoms with Crippen molar-refractivity contribution in [1.82, 2.24) is 0 Å². The minimum atomic E-state index is -2.15. The van der Waals surface area contributed by atoms with Gasteiger partial charge in [0.2, 0.25) is 0 Å². The van der Waals surface area contributed by atoms with E-state index in [1.54, 1.807) is 21.3 Å². The average molecular weight is 337 g/mol. The molecule has 7 heteroatoms. The van der Waals surface area contributed by atoms with Gasteiger partial charge in [-0.3, -0.25) is 0 Å². The highest BCUT2D eigenvalue weighted by atomic mass is 28.4. The summed E-state index contributed by atoms with van der Waals surface area (Å²) in [4.78, 5) is 9.60. The van der Waals surface area contributed by atoms with Gasteiger partial charge in [0.1, 0.15) is 5.22 Å². The standard InChI is InChI=1S/C11H24O3Si.C4H6O2.H2O/c1-5-8-11(12-2)9-6-7-10-15(11,13-3)14-4;1-3(2)4(5)6;/h5-10H2,1-4H3;1H2,2H3,(H,5,6);1H2. The number of carboxylic acids is 1. The smallest absolute Gasteiger partial charge is 0.370 e. The van der Waals surface area contributed by atoms with E-state index in [-0.39, 0.29) is 16.3 Å². The number of carboxylic acid groups (broad SMARTS) is 1. The second-order valence-corrected chi connectivity index (χ2v) is 9.14. The molecule has 1 unspecified atom stereocenters. The lowest BCUT2D eigenvalue weighted by atomic mass is 10.1. The van der Waals surface area contributed by atoms with E-state index in [9.17, 15) is 4.79 Å². The Balaban J connectivity index is 0. The molecule has 0 aromatic carbocycles. The zero-order chi connectivity index (χ0) is 16.5. The molecule has 1 rings (SSSR count). The first kappa shape index (κ1) is 23.5. The van der Waals surface area contributed by atoms with Crippen LogP contribution in [0, 0.1) is 0 Å². The summed E-state index contributed by atoms with van der Waals surface area (Å²) in [6.45, 7) is 6.80. The third-order valence-corrected chi connectivity index (χ3v) is 8.52. The molecule has 1 fully saturated rings. The number of rotatable bonds is 6. The second kappa shape index (κ2) is 10.9. The lowest BCUT2D eigenvalue weighted by Crippen LogP contribution is -2.64. The summed E-state index contributed by atoms with van der Waals surface area (Å²) < 4.78 is 17.4. The van der Waals surface area contributed by atoms with Crippen LogP contribution in [0.2, 0.25) is 6.04 Å². The quantitative estimate of drug-likeness (QED) is 0.593. The van der Waals surface area contributed by atoms with Gasteiger partial charge in [-0.05, 0) is 25.8 Å². The topological polar surface area (TPSA) is 96.5 Å². The first-order valence-electron chi connectivity index (χ1n) is 7.39. The summed E-state index contributed by atoms with van der Waals surface area (Å²) in [6.07, 6.45) is 5.70. The van der Waals surface area contributed by atoms with Gasteiger partial charge in [0.05, 0.1) is 0 Å². The van der Waals surface area contributed by atoms with Gasteiger partial charge < -0.3 is 24.2 Å². The zero-order valence-corrected chi connectivity index (χ0v) is 15.5. The van der Waals surface area contributed by atoms with Crippen LogP contribution in [0.5, 0.6) is 0 Å². The van der Waals surface area contributed by atoms with Crippen LogP contribution in [-0.4, -0.2) is 51.7 Å². The number of carbonyl (C=O) groups is 1. The molecule has 0 bridgehead atoms. The van der Waals surface area contributed by atoms with Gasteiger partial charge in [0.25, 0.3) is 0 Å². The van der Waals surface area contributed by atoms with Crippen molar-refractivity contribution in [2.24, 2.45) is 0 Å². The highest BCUT2D eigenvalue weighted by Gasteiger charge is 2.58. The predicted octanol–water partition coefficient (Wildman–Crippen LogP) is 2.45. The van der Waals surface area contributed by atoms with Crippen LogP contribution in [0.4, 0.5) is 0 Å². The van der Waals surface area contributed by atoms with E-state index >= 15 is 0 Å². The maximum Gasteiger partial charge on any atom is 0.370 e. The monoisotopic (exact) mass is 336 g/mol. The Labute approximate surface area is 135 Å². The van der Waals surface area contributed by atoms with Crippen LogP contribution >= 0.6 is 0 Å². The van der Waals surface area contributed by atoms with Crippen molar-refractivity contribution in [2.45, 2.75) is 57.2 Å². The lowest BCUT2D eigenvalue weighted by molar-refractivity contribution is -0.132. The first-order valence-corrected chi connectivity index (χ1v) is 9.41. The van der Waals surface area contributed by atoms with Crippen molar-refractivity contribution in [2.75, 3.05) is 21.3 Å². The van der Waals surface area contributed by atoms with Crippen molar-refractivity contribution < 1.29 is 29.0 Å². The average Bonchev–Trinajstić information content (AvgIpc) is 2.48. The molecule has 0 aromatic heterocycles. The summed E-state index contributed by atoms with van der Waals surface area (Å²) in [6, 6.07) is 1.06. The van der Waals surface area contributed by atoms with Crippen LogP contribution in [0.25, 0.3) is 0 Å². The van der Waals surface area contributed by atoms with Crippen molar-refractivity contribution >= 4 is 14.5 Å². The zero-order valence-electron chi connectivity index (χ0n) is 14.5.